The van der Waals surface area contributed by atoms with Crippen LogP contribution in [-0.4, -0.2) is 17.3 Å². The first-order valence-corrected chi connectivity index (χ1v) is 9.48. The molecule has 2 aromatic carbocycles. The summed E-state index contributed by atoms with van der Waals surface area (Å²) < 4.78 is 5.30. The van der Waals surface area contributed by atoms with Crippen LogP contribution >= 0.6 is 35.2 Å². The average molecular weight is 416 g/mol. The Morgan fingerprint density at radius 3 is 2.67 bits per heavy atom. The number of halogens is 1. The third-order valence-corrected chi connectivity index (χ3v) is 4.55. The predicted octanol–water partition coefficient (Wildman–Crippen LogP) is 4.94. The van der Waals surface area contributed by atoms with Gasteiger partial charge in [-0.1, -0.05) is 23.7 Å². The zero-order valence-corrected chi connectivity index (χ0v) is 16.3. The van der Waals surface area contributed by atoms with E-state index in [4.69, 9.17) is 28.6 Å². The molecule has 0 saturated heterocycles. The SMILES string of the molecule is O=C(Oc1ccc(C=NNC(=S)Nc2cccc(Cl)c2)cc1)c1cccs1. The van der Waals surface area contributed by atoms with Gasteiger partial charge in [-0.2, -0.15) is 5.10 Å². The van der Waals surface area contributed by atoms with Gasteiger partial charge in [0.2, 0.25) is 0 Å². The Morgan fingerprint density at radius 2 is 1.96 bits per heavy atom. The number of ether oxygens (including phenoxy) is 1. The molecular formula is C19H14ClN3O2S2. The highest BCUT2D eigenvalue weighted by atomic mass is 35.5. The number of thiocarbonyl (C=S) groups is 1. The van der Waals surface area contributed by atoms with Crippen LogP contribution in [0.3, 0.4) is 0 Å². The molecule has 0 aliphatic heterocycles. The Hall–Kier alpha value is -2.74. The predicted molar refractivity (Wildman–Crippen MR) is 114 cm³/mol. The van der Waals surface area contributed by atoms with E-state index in [0.29, 0.717) is 20.8 Å². The van der Waals surface area contributed by atoms with Crippen molar-refractivity contribution < 1.29 is 9.53 Å². The van der Waals surface area contributed by atoms with E-state index in [-0.39, 0.29) is 5.97 Å². The number of thiophene rings is 1. The Balaban J connectivity index is 1.50. The third-order valence-electron chi connectivity index (χ3n) is 3.28. The number of nitrogens with zero attached hydrogens (tertiary/aromatic N) is 1. The highest BCUT2D eigenvalue weighted by Gasteiger charge is 2.08. The standard InChI is InChI=1S/C19H14ClN3O2S2/c20-14-3-1-4-15(11-14)22-19(26)23-21-12-13-6-8-16(9-7-13)25-18(24)17-5-2-10-27-17/h1-12H,(H2,22,23,26). The zero-order chi connectivity index (χ0) is 19.1. The van der Waals surface area contributed by atoms with Crippen LogP contribution in [0.4, 0.5) is 5.69 Å². The molecule has 0 spiro atoms. The fourth-order valence-corrected chi connectivity index (χ4v) is 3.02. The van der Waals surface area contributed by atoms with E-state index in [2.05, 4.69) is 15.8 Å². The van der Waals surface area contributed by atoms with Crippen LogP contribution in [-0.2, 0) is 0 Å². The van der Waals surface area contributed by atoms with E-state index in [1.165, 1.54) is 11.3 Å². The smallest absolute Gasteiger partial charge is 0.353 e. The van der Waals surface area contributed by atoms with Crippen LogP contribution in [0.15, 0.2) is 71.1 Å². The summed E-state index contributed by atoms with van der Waals surface area (Å²) in [5, 5.41) is 9.84. The van der Waals surface area contributed by atoms with Gasteiger partial charge >= 0.3 is 5.97 Å². The largest absolute Gasteiger partial charge is 0.422 e. The lowest BCUT2D eigenvalue weighted by Gasteiger charge is -2.07. The molecule has 0 saturated carbocycles. The molecular weight excluding hydrogens is 402 g/mol. The van der Waals surface area contributed by atoms with Crippen molar-refractivity contribution in [1.82, 2.24) is 5.43 Å². The van der Waals surface area contributed by atoms with E-state index in [9.17, 15) is 4.79 Å². The molecule has 27 heavy (non-hydrogen) atoms. The lowest BCUT2D eigenvalue weighted by molar-refractivity contribution is 0.0740. The number of esters is 1. The number of benzene rings is 2. The second-order valence-electron chi connectivity index (χ2n) is 5.27. The molecule has 5 nitrogen and oxygen atoms in total. The summed E-state index contributed by atoms with van der Waals surface area (Å²) in [4.78, 5) is 12.5. The Kier molecular flexibility index (Phi) is 6.54. The second-order valence-corrected chi connectivity index (χ2v) is 7.06. The van der Waals surface area contributed by atoms with Crippen molar-refractivity contribution in [3.63, 3.8) is 0 Å². The molecule has 1 heterocycles. The minimum atomic E-state index is -0.370. The third kappa shape index (κ3) is 5.89. The van der Waals surface area contributed by atoms with Crippen molar-refractivity contribution in [2.45, 2.75) is 0 Å². The Bertz CT molecular complexity index is 957. The molecule has 136 valence electrons. The van der Waals surface area contributed by atoms with Crippen LogP contribution in [0.5, 0.6) is 5.75 Å². The van der Waals surface area contributed by atoms with Gasteiger partial charge in [0.1, 0.15) is 10.6 Å². The number of carbonyl (C=O) groups excluding carboxylic acids is 1. The average Bonchev–Trinajstić information content (AvgIpc) is 3.18. The minimum absolute atomic E-state index is 0.343. The summed E-state index contributed by atoms with van der Waals surface area (Å²) in [6.45, 7) is 0. The Morgan fingerprint density at radius 1 is 1.15 bits per heavy atom. The first kappa shape index (κ1) is 19.0. The zero-order valence-electron chi connectivity index (χ0n) is 13.9. The fourth-order valence-electron chi connectivity index (χ4n) is 2.06. The van der Waals surface area contributed by atoms with Crippen molar-refractivity contribution in [2.24, 2.45) is 5.10 Å². The van der Waals surface area contributed by atoms with E-state index < -0.39 is 0 Å². The van der Waals surface area contributed by atoms with Crippen molar-refractivity contribution >= 4 is 58.1 Å². The summed E-state index contributed by atoms with van der Waals surface area (Å²) in [5.74, 6) is 0.0992. The summed E-state index contributed by atoms with van der Waals surface area (Å²) in [5.41, 5.74) is 4.32. The highest BCUT2D eigenvalue weighted by Crippen LogP contribution is 2.16. The van der Waals surface area contributed by atoms with Crippen LogP contribution in [0.2, 0.25) is 5.02 Å². The number of rotatable bonds is 5. The number of carbonyl (C=O) groups is 1. The highest BCUT2D eigenvalue weighted by molar-refractivity contribution is 7.80. The number of nitrogens with one attached hydrogen (secondary N) is 2. The number of anilines is 1. The van der Waals surface area contributed by atoms with Crippen LogP contribution < -0.4 is 15.5 Å². The molecule has 8 heteroatoms. The summed E-state index contributed by atoms with van der Waals surface area (Å²) in [6.07, 6.45) is 1.61. The molecule has 0 aliphatic rings. The maximum absolute atomic E-state index is 11.9. The molecule has 0 atom stereocenters. The quantitative estimate of drug-likeness (QED) is 0.203. The summed E-state index contributed by atoms with van der Waals surface area (Å²) >= 11 is 12.4. The van der Waals surface area contributed by atoms with Crippen molar-refractivity contribution in [1.29, 1.82) is 0 Å². The van der Waals surface area contributed by atoms with Gasteiger partial charge in [0.25, 0.3) is 0 Å². The molecule has 0 bridgehead atoms. The maximum atomic E-state index is 11.9. The van der Waals surface area contributed by atoms with E-state index >= 15 is 0 Å². The fraction of sp³-hybridized carbons (Fsp3) is 0. The molecule has 0 aliphatic carbocycles. The lowest BCUT2D eigenvalue weighted by atomic mass is 10.2. The van der Waals surface area contributed by atoms with Gasteiger partial charge in [-0.3, -0.25) is 5.43 Å². The van der Waals surface area contributed by atoms with E-state index in [0.717, 1.165) is 11.3 Å². The topological polar surface area (TPSA) is 62.7 Å². The summed E-state index contributed by atoms with van der Waals surface area (Å²) in [7, 11) is 0. The minimum Gasteiger partial charge on any atom is -0.422 e. The number of hydrogen-bond donors (Lipinski definition) is 2. The van der Waals surface area contributed by atoms with Crippen LogP contribution in [0, 0.1) is 0 Å². The van der Waals surface area contributed by atoms with Gasteiger partial charge in [0, 0.05) is 10.7 Å². The van der Waals surface area contributed by atoms with E-state index in [1.807, 2.05) is 17.5 Å². The molecule has 3 aromatic rings. The number of hydrogen-bond acceptors (Lipinski definition) is 5. The van der Waals surface area contributed by atoms with E-state index in [1.54, 1.807) is 54.7 Å². The molecule has 2 N–H and O–H groups in total. The lowest BCUT2D eigenvalue weighted by Crippen LogP contribution is -2.23. The van der Waals surface area contributed by atoms with Crippen LogP contribution in [0.1, 0.15) is 15.2 Å². The molecule has 0 amide bonds. The van der Waals surface area contributed by atoms with Gasteiger partial charge in [0.05, 0.1) is 6.21 Å². The first-order chi connectivity index (χ1) is 13.1. The molecule has 0 radical (unpaired) electrons. The molecule has 0 unspecified atom stereocenters. The summed E-state index contributed by atoms with van der Waals surface area (Å²) in [6, 6.07) is 17.7. The van der Waals surface area contributed by atoms with Gasteiger partial charge in [-0.25, -0.2) is 4.79 Å². The van der Waals surface area contributed by atoms with Crippen molar-refractivity contribution in [3.8, 4) is 5.75 Å². The number of hydrazone groups is 1. The Labute approximate surface area is 170 Å². The monoisotopic (exact) mass is 415 g/mol. The van der Waals surface area contributed by atoms with Gasteiger partial charge < -0.3 is 10.1 Å². The van der Waals surface area contributed by atoms with Crippen molar-refractivity contribution in [2.75, 3.05) is 5.32 Å². The molecule has 3 rings (SSSR count). The van der Waals surface area contributed by atoms with Gasteiger partial charge in [0.15, 0.2) is 5.11 Å². The van der Waals surface area contributed by atoms with Gasteiger partial charge in [-0.05, 0) is 71.7 Å². The second kappa shape index (κ2) is 9.27. The molecule has 0 fully saturated rings. The first-order valence-electron chi connectivity index (χ1n) is 7.81. The normalized spacial score (nSPS) is 10.6. The van der Waals surface area contributed by atoms with Crippen molar-refractivity contribution in [3.05, 3.63) is 81.5 Å². The van der Waals surface area contributed by atoms with Gasteiger partial charge in [-0.15, -0.1) is 11.3 Å². The maximum Gasteiger partial charge on any atom is 0.353 e. The molecule has 1 aromatic heterocycles. The van der Waals surface area contributed by atoms with Crippen LogP contribution in [0.25, 0.3) is 0 Å².